The average Bonchev–Trinajstić information content (AvgIpc) is 2.85. The lowest BCUT2D eigenvalue weighted by atomic mass is 10.0. The van der Waals surface area contributed by atoms with E-state index in [1.165, 1.54) is 0 Å². The molecule has 0 saturated carbocycles. The van der Waals surface area contributed by atoms with Crippen LogP contribution in [0.1, 0.15) is 40.2 Å². The lowest BCUT2D eigenvalue weighted by Gasteiger charge is -2.27. The summed E-state index contributed by atoms with van der Waals surface area (Å²) in [5, 5.41) is 10.8. The van der Waals surface area contributed by atoms with E-state index in [4.69, 9.17) is 4.74 Å². The molecule has 206 valence electrons. The van der Waals surface area contributed by atoms with Gasteiger partial charge in [-0.2, -0.15) is 12.6 Å². The van der Waals surface area contributed by atoms with Crippen molar-refractivity contribution in [1.82, 2.24) is 16.0 Å². The fraction of sp³-hybridized carbons (Fsp3) is 0.429. The van der Waals surface area contributed by atoms with Crippen LogP contribution in [-0.2, 0) is 25.5 Å². The first-order valence-electron chi connectivity index (χ1n) is 12.5. The number of thiol groups is 1. The van der Waals surface area contributed by atoms with Crippen molar-refractivity contribution < 1.29 is 23.9 Å². The zero-order valence-electron chi connectivity index (χ0n) is 22.5. The summed E-state index contributed by atoms with van der Waals surface area (Å²) >= 11 is 4.24. The van der Waals surface area contributed by atoms with Crippen LogP contribution < -0.4 is 21.3 Å². The van der Waals surface area contributed by atoms with E-state index in [-0.39, 0.29) is 18.1 Å². The number of anilines is 1. The maximum atomic E-state index is 13.2. The Morgan fingerprint density at radius 1 is 0.789 bits per heavy atom. The first kappa shape index (κ1) is 30.7. The molecule has 0 bridgehead atoms. The minimum Gasteiger partial charge on any atom is -0.444 e. The Bertz CT molecular complexity index is 1070. The highest BCUT2D eigenvalue weighted by molar-refractivity contribution is 7.80. The van der Waals surface area contributed by atoms with Gasteiger partial charge in [0.25, 0.3) is 0 Å². The Labute approximate surface area is 229 Å². The number of nitrogens with one attached hydrogen (secondary N) is 4. The first-order chi connectivity index (χ1) is 17.9. The Morgan fingerprint density at radius 3 is 1.87 bits per heavy atom. The fourth-order valence-corrected chi connectivity index (χ4v) is 3.76. The average molecular weight is 543 g/mol. The molecule has 0 aliphatic heterocycles. The third kappa shape index (κ3) is 10.5. The summed E-state index contributed by atoms with van der Waals surface area (Å²) in [5.41, 5.74) is 0.717. The zero-order chi connectivity index (χ0) is 28.3. The number of carbonyl (C=O) groups excluding carboxylic acids is 4. The molecule has 2 aromatic carbocycles. The quantitative estimate of drug-likeness (QED) is 0.279. The fourth-order valence-electron chi connectivity index (χ4n) is 3.51. The van der Waals surface area contributed by atoms with Gasteiger partial charge in [-0.05, 0) is 44.4 Å². The number of amides is 4. The number of ether oxygens (including phenoxy) is 1. The molecule has 0 aromatic heterocycles. The van der Waals surface area contributed by atoms with Crippen LogP contribution in [0.4, 0.5) is 10.5 Å². The van der Waals surface area contributed by atoms with Crippen molar-refractivity contribution in [2.24, 2.45) is 5.92 Å². The van der Waals surface area contributed by atoms with E-state index in [1.807, 2.05) is 36.4 Å². The molecule has 0 spiro atoms. The van der Waals surface area contributed by atoms with E-state index in [9.17, 15) is 19.2 Å². The van der Waals surface area contributed by atoms with Gasteiger partial charge in [0, 0.05) is 17.9 Å². The van der Waals surface area contributed by atoms with E-state index in [1.54, 1.807) is 58.9 Å². The van der Waals surface area contributed by atoms with E-state index in [0.717, 1.165) is 5.56 Å². The molecule has 0 heterocycles. The monoisotopic (exact) mass is 542 g/mol. The third-order valence-corrected chi connectivity index (χ3v) is 5.76. The number of benzene rings is 2. The molecule has 4 N–H and O–H groups in total. The molecule has 0 fully saturated rings. The molecule has 4 amide bonds. The Hall–Kier alpha value is -3.53. The minimum atomic E-state index is -1.05. The molecule has 0 unspecified atom stereocenters. The molecule has 2 rings (SSSR count). The molecule has 0 aliphatic rings. The Kier molecular flexibility index (Phi) is 11.6. The van der Waals surface area contributed by atoms with Gasteiger partial charge in [-0.25, -0.2) is 4.79 Å². The van der Waals surface area contributed by atoms with Crippen molar-refractivity contribution >= 4 is 42.1 Å². The van der Waals surface area contributed by atoms with Crippen LogP contribution in [0.5, 0.6) is 0 Å². The SMILES string of the molecule is CC(C)[C@H](NC(=O)OC(C)(C)C)C(=O)N[C@@H](CS)C(=O)N[C@@H](Cc1ccccc1)C(=O)Nc1ccccc1. The molecular weight excluding hydrogens is 504 g/mol. The van der Waals surface area contributed by atoms with Crippen molar-refractivity contribution in [2.45, 2.75) is 64.8 Å². The lowest BCUT2D eigenvalue weighted by molar-refractivity contribution is -0.131. The summed E-state index contributed by atoms with van der Waals surface area (Å²) in [5.74, 6) is -1.84. The first-order valence-corrected chi connectivity index (χ1v) is 13.1. The maximum absolute atomic E-state index is 13.2. The summed E-state index contributed by atoms with van der Waals surface area (Å²) in [6.45, 7) is 8.69. The van der Waals surface area contributed by atoms with E-state index in [2.05, 4.69) is 33.9 Å². The molecule has 0 saturated heterocycles. The number of hydrogen-bond donors (Lipinski definition) is 5. The van der Waals surface area contributed by atoms with E-state index in [0.29, 0.717) is 5.69 Å². The van der Waals surface area contributed by atoms with Gasteiger partial charge in [-0.15, -0.1) is 0 Å². The maximum Gasteiger partial charge on any atom is 0.408 e. The van der Waals surface area contributed by atoms with E-state index < -0.39 is 47.5 Å². The molecule has 0 radical (unpaired) electrons. The van der Waals surface area contributed by atoms with Crippen molar-refractivity contribution in [3.05, 3.63) is 66.2 Å². The molecular formula is C28H38N4O5S. The molecule has 0 aliphatic carbocycles. The Balaban J connectivity index is 2.13. The molecule has 10 heteroatoms. The standard InChI is InChI=1S/C28H38N4O5S/c1-18(2)23(32-27(36)37-28(3,4)5)26(35)31-22(17-38)25(34)30-21(16-19-12-8-6-9-13-19)24(33)29-20-14-10-7-11-15-20/h6-15,18,21-23,38H,16-17H2,1-5H3,(H,29,33)(H,30,34)(H,31,35)(H,32,36)/t21-,22-,23-/m0/s1. The van der Waals surface area contributed by atoms with Crippen molar-refractivity contribution in [1.29, 1.82) is 0 Å². The van der Waals surface area contributed by atoms with Crippen LogP contribution in [-0.4, -0.2) is 53.3 Å². The van der Waals surface area contributed by atoms with Crippen molar-refractivity contribution in [3.63, 3.8) is 0 Å². The second-order valence-corrected chi connectivity index (χ2v) is 10.6. The van der Waals surface area contributed by atoms with Gasteiger partial charge in [0.05, 0.1) is 0 Å². The smallest absolute Gasteiger partial charge is 0.408 e. The van der Waals surface area contributed by atoms with Gasteiger partial charge in [0.15, 0.2) is 0 Å². The van der Waals surface area contributed by atoms with Gasteiger partial charge in [0.2, 0.25) is 17.7 Å². The number of alkyl carbamates (subject to hydrolysis) is 1. The lowest BCUT2D eigenvalue weighted by Crippen LogP contribution is -2.58. The summed E-state index contributed by atoms with van der Waals surface area (Å²) in [4.78, 5) is 51.6. The van der Waals surface area contributed by atoms with Gasteiger partial charge in [-0.3, -0.25) is 14.4 Å². The predicted molar refractivity (Wildman–Crippen MR) is 151 cm³/mol. The highest BCUT2D eigenvalue weighted by Gasteiger charge is 2.31. The largest absolute Gasteiger partial charge is 0.444 e. The molecule has 3 atom stereocenters. The van der Waals surface area contributed by atoms with E-state index >= 15 is 0 Å². The topological polar surface area (TPSA) is 126 Å². The van der Waals surface area contributed by atoms with Crippen LogP contribution in [0.2, 0.25) is 0 Å². The summed E-state index contributed by atoms with van der Waals surface area (Å²) in [6, 6.07) is 15.3. The van der Waals surface area contributed by atoms with Gasteiger partial charge >= 0.3 is 6.09 Å². The third-order valence-electron chi connectivity index (χ3n) is 5.39. The normalized spacial score (nSPS) is 13.6. The van der Waals surface area contributed by atoms with Gasteiger partial charge < -0.3 is 26.0 Å². The number of hydrogen-bond acceptors (Lipinski definition) is 6. The van der Waals surface area contributed by atoms with Crippen LogP contribution in [0.15, 0.2) is 60.7 Å². The molecule has 2 aromatic rings. The van der Waals surface area contributed by atoms with Crippen LogP contribution in [0, 0.1) is 5.92 Å². The molecule has 9 nitrogen and oxygen atoms in total. The number of carbonyl (C=O) groups is 4. The predicted octanol–water partition coefficient (Wildman–Crippen LogP) is 3.32. The van der Waals surface area contributed by atoms with Crippen LogP contribution in [0.25, 0.3) is 0 Å². The highest BCUT2D eigenvalue weighted by atomic mass is 32.1. The minimum absolute atomic E-state index is 0.0206. The van der Waals surface area contributed by atoms with Crippen LogP contribution in [0.3, 0.4) is 0 Å². The second kappa shape index (κ2) is 14.4. The van der Waals surface area contributed by atoms with Crippen molar-refractivity contribution in [2.75, 3.05) is 11.1 Å². The zero-order valence-corrected chi connectivity index (χ0v) is 23.4. The van der Waals surface area contributed by atoms with Crippen molar-refractivity contribution in [3.8, 4) is 0 Å². The number of rotatable bonds is 11. The van der Waals surface area contributed by atoms with Crippen LogP contribution >= 0.6 is 12.6 Å². The number of para-hydroxylation sites is 1. The Morgan fingerprint density at radius 2 is 1.34 bits per heavy atom. The summed E-state index contributed by atoms with van der Waals surface area (Å²) in [7, 11) is 0. The molecule has 38 heavy (non-hydrogen) atoms. The van der Waals surface area contributed by atoms with Gasteiger partial charge in [-0.1, -0.05) is 62.4 Å². The second-order valence-electron chi connectivity index (χ2n) is 10.2. The highest BCUT2D eigenvalue weighted by Crippen LogP contribution is 2.11. The van der Waals surface area contributed by atoms with Gasteiger partial charge in [0.1, 0.15) is 23.7 Å². The summed E-state index contributed by atoms with van der Waals surface area (Å²) in [6.07, 6.45) is -0.494. The summed E-state index contributed by atoms with van der Waals surface area (Å²) < 4.78 is 5.26.